The summed E-state index contributed by atoms with van der Waals surface area (Å²) in [5.74, 6) is 1.25. The van der Waals surface area contributed by atoms with Gasteiger partial charge in [-0.15, -0.1) is 0 Å². The minimum Gasteiger partial charge on any atom is -0.493 e. The molecule has 1 amide bonds. The third kappa shape index (κ3) is 2.63. The molecule has 0 fully saturated rings. The number of rotatable bonds is 3. The Morgan fingerprint density at radius 3 is 2.96 bits per heavy atom. The van der Waals surface area contributed by atoms with Gasteiger partial charge >= 0.3 is 0 Å². The first-order valence-electron chi connectivity index (χ1n) is 8.56. The standard InChI is InChI=1S/C18H20N6O2/c1-11(2)24-18(20-10-21-24)23-9-13-6-7-26-15-5-4-12(17(25)19-3)8-14(15)16(13)22-23/h4-5,8-11H,6-7H2,1-3H3,(H,19,25). The van der Waals surface area contributed by atoms with Crippen LogP contribution in [0.1, 0.15) is 35.8 Å². The average molecular weight is 352 g/mol. The molecule has 1 aliphatic rings. The normalized spacial score (nSPS) is 12.9. The number of benzene rings is 1. The van der Waals surface area contributed by atoms with Gasteiger partial charge in [0.25, 0.3) is 5.91 Å². The monoisotopic (exact) mass is 352 g/mol. The van der Waals surface area contributed by atoms with Gasteiger partial charge in [-0.1, -0.05) is 0 Å². The second-order valence-electron chi connectivity index (χ2n) is 6.43. The summed E-state index contributed by atoms with van der Waals surface area (Å²) in [6.45, 7) is 4.65. The molecule has 0 saturated carbocycles. The van der Waals surface area contributed by atoms with E-state index in [1.54, 1.807) is 17.8 Å². The predicted molar refractivity (Wildman–Crippen MR) is 95.6 cm³/mol. The van der Waals surface area contributed by atoms with Gasteiger partial charge in [0.2, 0.25) is 5.95 Å². The van der Waals surface area contributed by atoms with Crippen LogP contribution in [0, 0.1) is 0 Å². The number of ether oxygens (including phenoxy) is 1. The number of hydrogen-bond donors (Lipinski definition) is 1. The molecule has 0 radical (unpaired) electrons. The summed E-state index contributed by atoms with van der Waals surface area (Å²) in [6.07, 6.45) is 4.22. The highest BCUT2D eigenvalue weighted by molar-refractivity contribution is 5.96. The van der Waals surface area contributed by atoms with E-state index in [4.69, 9.17) is 9.84 Å². The molecule has 4 rings (SSSR count). The lowest BCUT2D eigenvalue weighted by Crippen LogP contribution is -2.17. The van der Waals surface area contributed by atoms with Crippen molar-refractivity contribution in [3.8, 4) is 23.0 Å². The number of nitrogens with one attached hydrogen (secondary N) is 1. The summed E-state index contributed by atoms with van der Waals surface area (Å²) in [5, 5.41) is 11.7. The maximum atomic E-state index is 12.0. The van der Waals surface area contributed by atoms with Crippen LogP contribution in [0.25, 0.3) is 17.2 Å². The van der Waals surface area contributed by atoms with Gasteiger partial charge < -0.3 is 10.1 Å². The quantitative estimate of drug-likeness (QED) is 0.779. The number of fused-ring (bicyclic) bond motifs is 3. The van der Waals surface area contributed by atoms with Crippen molar-refractivity contribution in [2.45, 2.75) is 26.3 Å². The number of carbonyl (C=O) groups excluding carboxylic acids is 1. The molecule has 8 nitrogen and oxygen atoms in total. The SMILES string of the molecule is CNC(=O)c1ccc2c(c1)-c1nn(-c3ncnn3C(C)C)cc1CCO2. The summed E-state index contributed by atoms with van der Waals surface area (Å²) in [6, 6.07) is 5.58. The third-order valence-corrected chi connectivity index (χ3v) is 4.39. The van der Waals surface area contributed by atoms with E-state index in [-0.39, 0.29) is 11.9 Å². The van der Waals surface area contributed by atoms with Crippen LogP contribution in [-0.2, 0) is 6.42 Å². The van der Waals surface area contributed by atoms with Gasteiger partial charge in [-0.3, -0.25) is 4.79 Å². The van der Waals surface area contributed by atoms with Gasteiger partial charge in [0.1, 0.15) is 12.1 Å². The van der Waals surface area contributed by atoms with Crippen LogP contribution < -0.4 is 10.1 Å². The van der Waals surface area contributed by atoms with Gasteiger partial charge in [0.15, 0.2) is 0 Å². The molecule has 3 aromatic rings. The first kappa shape index (κ1) is 16.3. The van der Waals surface area contributed by atoms with Crippen molar-refractivity contribution in [2.24, 2.45) is 0 Å². The number of aromatic nitrogens is 5. The molecule has 2 aromatic heterocycles. The molecule has 3 heterocycles. The maximum Gasteiger partial charge on any atom is 0.251 e. The molecule has 26 heavy (non-hydrogen) atoms. The Morgan fingerprint density at radius 2 is 2.19 bits per heavy atom. The van der Waals surface area contributed by atoms with Crippen LogP contribution in [0.2, 0.25) is 0 Å². The van der Waals surface area contributed by atoms with Gasteiger partial charge in [-0.25, -0.2) is 9.36 Å². The molecule has 0 bridgehead atoms. The molecule has 1 aliphatic heterocycles. The Morgan fingerprint density at radius 1 is 1.35 bits per heavy atom. The Bertz CT molecular complexity index is 972. The first-order chi connectivity index (χ1) is 12.6. The van der Waals surface area contributed by atoms with Gasteiger partial charge in [0.05, 0.1) is 18.3 Å². The lowest BCUT2D eigenvalue weighted by Gasteiger charge is -2.10. The largest absolute Gasteiger partial charge is 0.493 e. The second kappa shape index (κ2) is 6.29. The average Bonchev–Trinajstić information content (AvgIpc) is 3.25. The fourth-order valence-corrected chi connectivity index (χ4v) is 3.09. The molecule has 0 spiro atoms. The minimum absolute atomic E-state index is 0.141. The van der Waals surface area contributed by atoms with Crippen molar-refractivity contribution in [1.29, 1.82) is 0 Å². The van der Waals surface area contributed by atoms with Crippen LogP contribution in [0.4, 0.5) is 0 Å². The zero-order chi connectivity index (χ0) is 18.3. The van der Waals surface area contributed by atoms with Crippen molar-refractivity contribution in [3.63, 3.8) is 0 Å². The van der Waals surface area contributed by atoms with Gasteiger partial charge in [-0.05, 0) is 32.0 Å². The Kier molecular flexibility index (Phi) is 3.95. The van der Waals surface area contributed by atoms with Crippen LogP contribution in [-0.4, -0.2) is 44.1 Å². The summed E-state index contributed by atoms with van der Waals surface area (Å²) in [7, 11) is 1.61. The van der Waals surface area contributed by atoms with Gasteiger partial charge in [0, 0.05) is 36.4 Å². The second-order valence-corrected chi connectivity index (χ2v) is 6.43. The van der Waals surface area contributed by atoms with Crippen LogP contribution in [0.5, 0.6) is 5.75 Å². The van der Waals surface area contributed by atoms with Gasteiger partial charge in [-0.2, -0.15) is 15.2 Å². The Balaban J connectivity index is 1.85. The maximum absolute atomic E-state index is 12.0. The van der Waals surface area contributed by atoms with Crippen molar-refractivity contribution in [2.75, 3.05) is 13.7 Å². The molecule has 0 atom stereocenters. The molecular formula is C18H20N6O2. The Labute approximate surface area is 150 Å². The minimum atomic E-state index is -0.141. The number of carbonyl (C=O) groups is 1. The van der Waals surface area contributed by atoms with E-state index in [2.05, 4.69) is 15.4 Å². The number of nitrogens with zero attached hydrogens (tertiary/aromatic N) is 5. The van der Waals surface area contributed by atoms with Crippen molar-refractivity contribution in [1.82, 2.24) is 29.9 Å². The number of amides is 1. The van der Waals surface area contributed by atoms with E-state index >= 15 is 0 Å². The van der Waals surface area contributed by atoms with Crippen molar-refractivity contribution < 1.29 is 9.53 Å². The van der Waals surface area contributed by atoms with E-state index in [0.717, 1.165) is 29.0 Å². The first-order valence-corrected chi connectivity index (χ1v) is 8.56. The van der Waals surface area contributed by atoms with Crippen molar-refractivity contribution >= 4 is 5.91 Å². The topological polar surface area (TPSA) is 86.9 Å². The highest BCUT2D eigenvalue weighted by atomic mass is 16.5. The molecule has 1 aromatic carbocycles. The highest BCUT2D eigenvalue weighted by Gasteiger charge is 2.22. The lowest BCUT2D eigenvalue weighted by molar-refractivity contribution is 0.0963. The molecule has 1 N–H and O–H groups in total. The van der Waals surface area contributed by atoms with E-state index in [0.29, 0.717) is 18.1 Å². The lowest BCUT2D eigenvalue weighted by atomic mass is 10.0. The van der Waals surface area contributed by atoms with E-state index in [1.165, 1.54) is 6.33 Å². The molecular weight excluding hydrogens is 332 g/mol. The summed E-state index contributed by atoms with van der Waals surface area (Å²) < 4.78 is 9.41. The molecule has 8 heteroatoms. The molecule has 0 saturated heterocycles. The fourth-order valence-electron chi connectivity index (χ4n) is 3.09. The van der Waals surface area contributed by atoms with E-state index in [9.17, 15) is 4.79 Å². The molecule has 134 valence electrons. The van der Waals surface area contributed by atoms with E-state index in [1.807, 2.05) is 36.9 Å². The number of hydrogen-bond acceptors (Lipinski definition) is 5. The summed E-state index contributed by atoms with van der Waals surface area (Å²) >= 11 is 0. The predicted octanol–water partition coefficient (Wildman–Crippen LogP) is 2.01. The Hall–Kier alpha value is -3.16. The van der Waals surface area contributed by atoms with E-state index < -0.39 is 0 Å². The molecule has 0 aliphatic carbocycles. The van der Waals surface area contributed by atoms with Crippen LogP contribution >= 0.6 is 0 Å². The van der Waals surface area contributed by atoms with Crippen LogP contribution in [0.15, 0.2) is 30.7 Å². The smallest absolute Gasteiger partial charge is 0.251 e. The summed E-state index contributed by atoms with van der Waals surface area (Å²) in [5.41, 5.74) is 3.24. The fraction of sp³-hybridized carbons (Fsp3) is 0.333. The third-order valence-electron chi connectivity index (χ3n) is 4.39. The summed E-state index contributed by atoms with van der Waals surface area (Å²) in [4.78, 5) is 16.4. The van der Waals surface area contributed by atoms with Crippen molar-refractivity contribution in [3.05, 3.63) is 41.9 Å². The van der Waals surface area contributed by atoms with Crippen LogP contribution in [0.3, 0.4) is 0 Å². The highest BCUT2D eigenvalue weighted by Crippen LogP contribution is 2.35. The zero-order valence-corrected chi connectivity index (χ0v) is 14.9. The molecule has 0 unspecified atom stereocenters. The zero-order valence-electron chi connectivity index (χ0n) is 14.9.